The van der Waals surface area contributed by atoms with E-state index in [0.29, 0.717) is 16.9 Å². The summed E-state index contributed by atoms with van der Waals surface area (Å²) in [6, 6.07) is 19.0. The van der Waals surface area contributed by atoms with Crippen molar-refractivity contribution in [3.05, 3.63) is 110 Å². The van der Waals surface area contributed by atoms with E-state index >= 15 is 0 Å². The number of carbonyl (C=O) groups is 1. The van der Waals surface area contributed by atoms with E-state index in [2.05, 4.69) is 36.4 Å². The second-order valence-corrected chi connectivity index (χ2v) is 10.0. The van der Waals surface area contributed by atoms with Gasteiger partial charge in [0.15, 0.2) is 0 Å². The highest BCUT2D eigenvalue weighted by molar-refractivity contribution is 6.05. The van der Waals surface area contributed by atoms with E-state index in [-0.39, 0.29) is 34.1 Å². The first-order valence-electron chi connectivity index (χ1n) is 12.0. The zero-order chi connectivity index (χ0) is 27.6. The summed E-state index contributed by atoms with van der Waals surface area (Å²) in [4.78, 5) is 40.6. The maximum Gasteiger partial charge on any atom is 0.274 e. The lowest BCUT2D eigenvalue weighted by atomic mass is 9.86. The maximum atomic E-state index is 13.1. The van der Waals surface area contributed by atoms with Gasteiger partial charge in [-0.05, 0) is 53.8 Å². The third-order valence-corrected chi connectivity index (χ3v) is 6.39. The molecule has 2 N–H and O–H groups in total. The van der Waals surface area contributed by atoms with Crippen LogP contribution in [0.2, 0.25) is 0 Å². The molecule has 4 rings (SSSR count). The maximum absolute atomic E-state index is 13.1. The number of amides is 1. The monoisotopic (exact) mass is 511 g/mol. The number of pyridine rings is 2. The van der Waals surface area contributed by atoms with Gasteiger partial charge in [-0.1, -0.05) is 45.0 Å². The van der Waals surface area contributed by atoms with E-state index in [1.165, 1.54) is 22.9 Å². The summed E-state index contributed by atoms with van der Waals surface area (Å²) < 4.78 is 1.48. The molecule has 0 saturated heterocycles. The zero-order valence-corrected chi connectivity index (χ0v) is 21.9. The lowest BCUT2D eigenvalue weighted by Gasteiger charge is -2.19. The number of nitrogens with one attached hydrogen (secondary N) is 2. The quantitative estimate of drug-likeness (QED) is 0.244. The fourth-order valence-electron chi connectivity index (χ4n) is 4.10. The molecular formula is C29H29N5O4. The van der Waals surface area contributed by atoms with Crippen LogP contribution in [0.1, 0.15) is 42.3 Å². The van der Waals surface area contributed by atoms with E-state index in [4.69, 9.17) is 0 Å². The van der Waals surface area contributed by atoms with E-state index in [1.54, 1.807) is 19.2 Å². The lowest BCUT2D eigenvalue weighted by molar-refractivity contribution is -0.384. The molecule has 2 heterocycles. The third kappa shape index (κ3) is 5.46. The smallest absolute Gasteiger partial charge is 0.274 e. The fourth-order valence-corrected chi connectivity index (χ4v) is 4.10. The highest BCUT2D eigenvalue weighted by Gasteiger charge is 2.17. The Morgan fingerprint density at radius 2 is 1.71 bits per heavy atom. The first-order valence-corrected chi connectivity index (χ1v) is 12.0. The Labute approximate surface area is 220 Å². The second kappa shape index (κ2) is 10.3. The van der Waals surface area contributed by atoms with Crippen molar-refractivity contribution in [3.63, 3.8) is 0 Å². The van der Waals surface area contributed by atoms with Crippen molar-refractivity contribution < 1.29 is 9.72 Å². The molecule has 4 aromatic rings. The average Bonchev–Trinajstić information content (AvgIpc) is 2.88. The van der Waals surface area contributed by atoms with Gasteiger partial charge in [-0.25, -0.2) is 4.98 Å². The molecule has 0 saturated carbocycles. The van der Waals surface area contributed by atoms with E-state index < -0.39 is 4.92 Å². The molecular weight excluding hydrogens is 482 g/mol. The summed E-state index contributed by atoms with van der Waals surface area (Å²) >= 11 is 0. The van der Waals surface area contributed by atoms with Gasteiger partial charge >= 0.3 is 0 Å². The lowest BCUT2D eigenvalue weighted by Crippen LogP contribution is -2.21. The minimum absolute atomic E-state index is 0.00346. The molecule has 0 unspecified atom stereocenters. The van der Waals surface area contributed by atoms with E-state index in [1.807, 2.05) is 49.4 Å². The molecule has 0 aliphatic carbocycles. The molecule has 9 nitrogen and oxygen atoms in total. The van der Waals surface area contributed by atoms with Crippen molar-refractivity contribution in [1.82, 2.24) is 9.55 Å². The first kappa shape index (κ1) is 26.3. The van der Waals surface area contributed by atoms with Gasteiger partial charge in [-0.15, -0.1) is 0 Å². The minimum atomic E-state index is -0.524. The summed E-state index contributed by atoms with van der Waals surface area (Å²) in [5.74, 6) is -0.0240. The van der Waals surface area contributed by atoms with Crippen LogP contribution in [-0.4, -0.2) is 20.4 Å². The number of anilines is 3. The van der Waals surface area contributed by atoms with Gasteiger partial charge in [-0.2, -0.15) is 0 Å². The topological polar surface area (TPSA) is 119 Å². The number of benzene rings is 2. The normalized spacial score (nSPS) is 11.2. The number of hydrogen-bond acceptors (Lipinski definition) is 6. The molecule has 2 aromatic heterocycles. The van der Waals surface area contributed by atoms with Gasteiger partial charge in [0.2, 0.25) is 0 Å². The van der Waals surface area contributed by atoms with Crippen LogP contribution < -0.4 is 16.2 Å². The van der Waals surface area contributed by atoms with Gasteiger partial charge in [0.1, 0.15) is 11.5 Å². The van der Waals surface area contributed by atoms with Crippen molar-refractivity contribution in [1.29, 1.82) is 0 Å². The molecule has 0 radical (unpaired) electrons. The molecule has 9 heteroatoms. The molecule has 194 valence electrons. The highest BCUT2D eigenvalue weighted by Crippen LogP contribution is 2.29. The van der Waals surface area contributed by atoms with Crippen LogP contribution in [0.4, 0.5) is 22.9 Å². The first-order chi connectivity index (χ1) is 18.0. The number of rotatable bonds is 6. The Hall–Kier alpha value is -4.79. The summed E-state index contributed by atoms with van der Waals surface area (Å²) in [5.41, 5.74) is 4.35. The molecule has 0 aliphatic heterocycles. The number of aromatic nitrogens is 2. The fraction of sp³-hybridized carbons (Fsp3) is 0.207. The molecule has 0 atom stereocenters. The van der Waals surface area contributed by atoms with Crippen molar-refractivity contribution in [2.75, 3.05) is 10.6 Å². The summed E-state index contributed by atoms with van der Waals surface area (Å²) in [6.45, 7) is 8.25. The SMILES string of the molecule is Cc1c(NC(=O)c2ccc(C(C)(C)C)cc2)cccc1-c1ccc(Nc2cc([N+](=O)[O-])ccn2)c(=O)n1C. The van der Waals surface area contributed by atoms with Gasteiger partial charge < -0.3 is 15.2 Å². The Morgan fingerprint density at radius 1 is 1.00 bits per heavy atom. The van der Waals surface area contributed by atoms with Gasteiger partial charge in [0.25, 0.3) is 17.2 Å². The average molecular weight is 512 g/mol. The Morgan fingerprint density at radius 3 is 2.37 bits per heavy atom. The van der Waals surface area contributed by atoms with E-state index in [0.717, 1.165) is 16.7 Å². The molecule has 0 fully saturated rings. The molecule has 1 amide bonds. The van der Waals surface area contributed by atoms with Crippen molar-refractivity contribution in [3.8, 4) is 11.3 Å². The van der Waals surface area contributed by atoms with Crippen LogP contribution in [-0.2, 0) is 12.5 Å². The van der Waals surface area contributed by atoms with Crippen LogP contribution in [0.15, 0.2) is 77.7 Å². The number of hydrogen-bond donors (Lipinski definition) is 2. The highest BCUT2D eigenvalue weighted by atomic mass is 16.6. The minimum Gasteiger partial charge on any atom is -0.336 e. The summed E-state index contributed by atoms with van der Waals surface area (Å²) in [5, 5.41) is 16.9. The largest absolute Gasteiger partial charge is 0.336 e. The number of nitro groups is 1. The second-order valence-electron chi connectivity index (χ2n) is 10.0. The van der Waals surface area contributed by atoms with Gasteiger partial charge in [0, 0.05) is 36.1 Å². The molecule has 0 spiro atoms. The van der Waals surface area contributed by atoms with Crippen LogP contribution in [0.25, 0.3) is 11.3 Å². The van der Waals surface area contributed by atoms with Crippen LogP contribution in [0, 0.1) is 17.0 Å². The standard InChI is InChI=1S/C29H29N5O4/c1-18-22(7-6-8-23(18)32-27(35)19-9-11-20(12-10-19)29(2,3)4)25-14-13-24(28(36)33(25)5)31-26-17-21(34(37)38)15-16-30-26/h6-17H,1-5H3,(H,30,31)(H,32,35). The van der Waals surface area contributed by atoms with Crippen LogP contribution >= 0.6 is 0 Å². The summed E-state index contributed by atoms with van der Waals surface area (Å²) in [6.07, 6.45) is 1.31. The number of carbonyl (C=O) groups excluding carboxylic acids is 1. The Kier molecular flexibility index (Phi) is 7.12. The van der Waals surface area contributed by atoms with Gasteiger partial charge in [0.05, 0.1) is 16.7 Å². The van der Waals surface area contributed by atoms with Gasteiger partial charge in [-0.3, -0.25) is 19.7 Å². The van der Waals surface area contributed by atoms with Crippen molar-refractivity contribution in [2.45, 2.75) is 33.1 Å². The molecule has 0 bridgehead atoms. The molecule has 0 aliphatic rings. The van der Waals surface area contributed by atoms with Crippen molar-refractivity contribution >= 4 is 28.8 Å². The predicted molar refractivity (Wildman–Crippen MR) is 149 cm³/mol. The third-order valence-electron chi connectivity index (χ3n) is 6.39. The Bertz CT molecular complexity index is 1580. The molecule has 38 heavy (non-hydrogen) atoms. The zero-order valence-electron chi connectivity index (χ0n) is 21.9. The predicted octanol–water partition coefficient (Wildman–Crippen LogP) is 5.96. The Balaban J connectivity index is 1.60. The summed E-state index contributed by atoms with van der Waals surface area (Å²) in [7, 11) is 1.64. The molecule has 2 aromatic carbocycles. The number of nitrogens with zero attached hydrogens (tertiary/aromatic N) is 3. The van der Waals surface area contributed by atoms with Crippen LogP contribution in [0.3, 0.4) is 0 Å². The van der Waals surface area contributed by atoms with Crippen LogP contribution in [0.5, 0.6) is 0 Å². The van der Waals surface area contributed by atoms with E-state index in [9.17, 15) is 19.7 Å². The van der Waals surface area contributed by atoms with Crippen molar-refractivity contribution in [2.24, 2.45) is 7.05 Å².